The molecule has 0 heterocycles. The van der Waals surface area contributed by atoms with Gasteiger partial charge in [-0.3, -0.25) is 0 Å². The molecule has 0 amide bonds. The minimum Gasteiger partial charge on any atom is -0.494 e. The van der Waals surface area contributed by atoms with Gasteiger partial charge in [-0.1, -0.05) is 18.6 Å². The van der Waals surface area contributed by atoms with Crippen molar-refractivity contribution < 1.29 is 4.74 Å². The van der Waals surface area contributed by atoms with Gasteiger partial charge in [-0.2, -0.15) is 0 Å². The average molecular weight is 259 g/mol. The monoisotopic (exact) mass is 259 g/mol. The maximum atomic E-state index is 5.54. The van der Waals surface area contributed by atoms with E-state index in [0.717, 1.165) is 18.9 Å². The lowest BCUT2D eigenvalue weighted by molar-refractivity contribution is -0.0475. The lowest BCUT2D eigenvalue weighted by Crippen LogP contribution is -2.57. The quantitative estimate of drug-likeness (QED) is 0.873. The minimum atomic E-state index is 0.375. The maximum absolute atomic E-state index is 5.54. The Morgan fingerprint density at radius 3 is 2.32 bits per heavy atom. The van der Waals surface area contributed by atoms with Gasteiger partial charge < -0.3 is 10.1 Å². The lowest BCUT2D eigenvalue weighted by atomic mass is 9.44. The summed E-state index contributed by atoms with van der Waals surface area (Å²) in [5.74, 6) is 0.989. The second-order valence-corrected chi connectivity index (χ2v) is 6.48. The topological polar surface area (TPSA) is 21.3 Å². The Morgan fingerprint density at radius 2 is 1.84 bits per heavy atom. The second kappa shape index (κ2) is 4.82. The van der Waals surface area contributed by atoms with E-state index in [1.807, 2.05) is 6.92 Å². The molecule has 0 aromatic heterocycles. The molecule has 2 nitrogen and oxygen atoms in total. The Morgan fingerprint density at radius 1 is 1.16 bits per heavy atom. The Balaban J connectivity index is 1.77. The van der Waals surface area contributed by atoms with E-state index in [1.165, 1.54) is 37.7 Å². The predicted octanol–water partition coefficient (Wildman–Crippen LogP) is 3.51. The summed E-state index contributed by atoms with van der Waals surface area (Å²) < 4.78 is 5.54. The van der Waals surface area contributed by atoms with Gasteiger partial charge in [-0.15, -0.1) is 0 Å². The van der Waals surface area contributed by atoms with E-state index in [4.69, 9.17) is 4.74 Å². The largest absolute Gasteiger partial charge is 0.494 e. The third-order valence-electron chi connectivity index (χ3n) is 5.13. The summed E-state index contributed by atoms with van der Waals surface area (Å²) in [6.45, 7) is 3.87. The highest BCUT2D eigenvalue weighted by Gasteiger charge is 2.56. The minimum absolute atomic E-state index is 0.375. The first-order valence-electron chi connectivity index (χ1n) is 7.60. The van der Waals surface area contributed by atoms with Crippen molar-refractivity contribution in [3.63, 3.8) is 0 Å². The molecular weight excluding hydrogens is 234 g/mol. The van der Waals surface area contributed by atoms with Crippen LogP contribution >= 0.6 is 0 Å². The molecule has 0 radical (unpaired) electrons. The van der Waals surface area contributed by atoms with Gasteiger partial charge in [-0.25, -0.2) is 0 Å². The lowest BCUT2D eigenvalue weighted by Gasteiger charge is -2.61. The molecule has 2 heteroatoms. The summed E-state index contributed by atoms with van der Waals surface area (Å²) in [6, 6.07) is 8.80. The van der Waals surface area contributed by atoms with Crippen LogP contribution in [0.3, 0.4) is 0 Å². The summed E-state index contributed by atoms with van der Waals surface area (Å²) in [4.78, 5) is 0. The molecule has 0 aliphatic heterocycles. The van der Waals surface area contributed by atoms with Crippen molar-refractivity contribution in [2.45, 2.75) is 44.4 Å². The molecular formula is C17H25NO. The van der Waals surface area contributed by atoms with Crippen molar-refractivity contribution in [2.75, 3.05) is 20.2 Å². The van der Waals surface area contributed by atoms with Crippen LogP contribution in [0, 0.1) is 5.41 Å². The molecule has 1 N–H and O–H groups in total. The first-order valence-corrected chi connectivity index (χ1v) is 7.60. The fourth-order valence-corrected chi connectivity index (χ4v) is 4.26. The molecule has 0 bridgehead atoms. The summed E-state index contributed by atoms with van der Waals surface area (Å²) in [5.41, 5.74) is 2.57. The Hall–Kier alpha value is -1.02. The van der Waals surface area contributed by atoms with Crippen LogP contribution in [0.1, 0.15) is 44.6 Å². The maximum Gasteiger partial charge on any atom is 0.119 e. The normalized spacial score (nSPS) is 22.6. The van der Waals surface area contributed by atoms with Crippen LogP contribution in [0.4, 0.5) is 0 Å². The highest BCUT2D eigenvalue weighted by molar-refractivity contribution is 5.36. The first kappa shape index (κ1) is 13.0. The molecule has 0 atom stereocenters. The molecule has 2 aliphatic carbocycles. The van der Waals surface area contributed by atoms with Crippen molar-refractivity contribution in [3.8, 4) is 5.75 Å². The smallest absolute Gasteiger partial charge is 0.119 e. The molecule has 2 aliphatic rings. The van der Waals surface area contributed by atoms with E-state index < -0.39 is 0 Å². The van der Waals surface area contributed by atoms with E-state index in [0.29, 0.717) is 10.8 Å². The summed E-state index contributed by atoms with van der Waals surface area (Å²) in [6.07, 6.45) is 7.09. The van der Waals surface area contributed by atoms with E-state index in [-0.39, 0.29) is 0 Å². The van der Waals surface area contributed by atoms with Gasteiger partial charge in [0.1, 0.15) is 5.75 Å². The number of likely N-dealkylation sites (N-methyl/N-ethyl adjacent to an activating group) is 1. The predicted molar refractivity (Wildman–Crippen MR) is 78.7 cm³/mol. The third-order valence-corrected chi connectivity index (χ3v) is 5.13. The summed E-state index contributed by atoms with van der Waals surface area (Å²) in [7, 11) is 2.07. The molecule has 1 aromatic rings. The zero-order valence-corrected chi connectivity index (χ0v) is 12.2. The number of ether oxygens (including phenoxy) is 1. The van der Waals surface area contributed by atoms with E-state index >= 15 is 0 Å². The number of benzene rings is 1. The van der Waals surface area contributed by atoms with Crippen molar-refractivity contribution in [3.05, 3.63) is 29.8 Å². The van der Waals surface area contributed by atoms with Crippen LogP contribution in [-0.2, 0) is 5.41 Å². The summed E-state index contributed by atoms with van der Waals surface area (Å²) >= 11 is 0. The Bertz CT molecular complexity index is 425. The van der Waals surface area contributed by atoms with Gasteiger partial charge in [0.15, 0.2) is 0 Å². The molecule has 2 saturated carbocycles. The van der Waals surface area contributed by atoms with Crippen LogP contribution in [-0.4, -0.2) is 20.2 Å². The van der Waals surface area contributed by atoms with Crippen molar-refractivity contribution >= 4 is 0 Å². The SMILES string of the molecule is CCOc1ccc(C2(CNC)CC3(CCC3)C2)cc1. The molecule has 1 aromatic carbocycles. The number of nitrogens with one attached hydrogen (secondary N) is 1. The molecule has 19 heavy (non-hydrogen) atoms. The number of hydrogen-bond acceptors (Lipinski definition) is 2. The van der Waals surface area contributed by atoms with Crippen LogP contribution in [0.5, 0.6) is 5.75 Å². The fraction of sp³-hybridized carbons (Fsp3) is 0.647. The van der Waals surface area contributed by atoms with Gasteiger partial charge >= 0.3 is 0 Å². The fourth-order valence-electron chi connectivity index (χ4n) is 4.26. The average Bonchev–Trinajstić information content (AvgIpc) is 2.33. The second-order valence-electron chi connectivity index (χ2n) is 6.48. The van der Waals surface area contributed by atoms with E-state index in [2.05, 4.69) is 36.6 Å². The van der Waals surface area contributed by atoms with Crippen LogP contribution < -0.4 is 10.1 Å². The molecule has 1 spiro atoms. The molecule has 0 unspecified atom stereocenters. The van der Waals surface area contributed by atoms with E-state index in [9.17, 15) is 0 Å². The molecule has 3 rings (SSSR count). The van der Waals surface area contributed by atoms with Crippen molar-refractivity contribution in [2.24, 2.45) is 5.41 Å². The standard InChI is InChI=1S/C17H25NO/c1-3-19-15-7-5-14(6-8-15)17(13-18-2)11-16(12-17)9-4-10-16/h5-8,18H,3-4,9-13H2,1-2H3. The molecule has 0 saturated heterocycles. The Kier molecular flexibility index (Phi) is 3.30. The van der Waals surface area contributed by atoms with Crippen molar-refractivity contribution in [1.82, 2.24) is 5.32 Å². The highest BCUT2D eigenvalue weighted by atomic mass is 16.5. The van der Waals surface area contributed by atoms with Crippen LogP contribution in [0.25, 0.3) is 0 Å². The van der Waals surface area contributed by atoms with E-state index in [1.54, 1.807) is 0 Å². The van der Waals surface area contributed by atoms with Crippen molar-refractivity contribution in [1.29, 1.82) is 0 Å². The zero-order chi connectivity index (χ0) is 13.3. The van der Waals surface area contributed by atoms with Gasteiger partial charge in [0.05, 0.1) is 6.61 Å². The van der Waals surface area contributed by atoms with Gasteiger partial charge in [0, 0.05) is 12.0 Å². The van der Waals surface area contributed by atoms with Crippen LogP contribution in [0.2, 0.25) is 0 Å². The van der Waals surface area contributed by atoms with Crippen LogP contribution in [0.15, 0.2) is 24.3 Å². The number of rotatable bonds is 5. The van der Waals surface area contributed by atoms with Gasteiger partial charge in [0.2, 0.25) is 0 Å². The summed E-state index contributed by atoms with van der Waals surface area (Å²) in [5, 5.41) is 3.40. The zero-order valence-electron chi connectivity index (χ0n) is 12.2. The van der Waals surface area contributed by atoms with Gasteiger partial charge in [-0.05, 0) is 62.8 Å². The van der Waals surface area contributed by atoms with Gasteiger partial charge in [0.25, 0.3) is 0 Å². The number of hydrogen-bond donors (Lipinski definition) is 1. The Labute approximate surface area is 116 Å². The third kappa shape index (κ3) is 2.16. The molecule has 104 valence electrons. The highest BCUT2D eigenvalue weighted by Crippen LogP contribution is 2.64. The first-order chi connectivity index (χ1) is 9.22. The molecule has 2 fully saturated rings.